The van der Waals surface area contributed by atoms with Gasteiger partial charge in [-0.3, -0.25) is 4.99 Å². The molecule has 0 aliphatic carbocycles. The molecular weight excluding hydrogens is 329 g/mol. The average Bonchev–Trinajstić information content (AvgIpc) is 2.47. The van der Waals surface area contributed by atoms with Crippen molar-refractivity contribution in [3.8, 4) is 0 Å². The van der Waals surface area contributed by atoms with Crippen molar-refractivity contribution in [3.05, 3.63) is 35.1 Å². The van der Waals surface area contributed by atoms with E-state index < -0.39 is 14.6 Å². The van der Waals surface area contributed by atoms with Gasteiger partial charge in [-0.25, -0.2) is 12.8 Å². The zero-order valence-corrected chi connectivity index (χ0v) is 16.1. The number of halogens is 1. The van der Waals surface area contributed by atoms with Crippen LogP contribution in [0.5, 0.6) is 0 Å². The van der Waals surface area contributed by atoms with Crippen molar-refractivity contribution in [1.82, 2.24) is 10.6 Å². The number of guanidine groups is 1. The van der Waals surface area contributed by atoms with Crippen LogP contribution in [0.2, 0.25) is 0 Å². The smallest absolute Gasteiger partial charge is 0.191 e. The number of hydrogen-bond acceptors (Lipinski definition) is 3. The molecule has 2 N–H and O–H groups in total. The topological polar surface area (TPSA) is 70.6 Å². The third-order valence-corrected chi connectivity index (χ3v) is 6.48. The fraction of sp³-hybridized carbons (Fsp3) is 0.588. The lowest BCUT2D eigenvalue weighted by atomic mass is 10.1. The number of aryl methyl sites for hydroxylation is 1. The van der Waals surface area contributed by atoms with E-state index in [2.05, 4.69) is 15.6 Å². The summed E-state index contributed by atoms with van der Waals surface area (Å²) in [6.07, 6.45) is 0. The third kappa shape index (κ3) is 5.47. The number of hydrogen-bond donors (Lipinski definition) is 2. The van der Waals surface area contributed by atoms with Gasteiger partial charge >= 0.3 is 0 Å². The zero-order valence-electron chi connectivity index (χ0n) is 15.3. The molecule has 0 aliphatic heterocycles. The second-order valence-corrected chi connectivity index (χ2v) is 9.67. The largest absolute Gasteiger partial charge is 0.355 e. The molecule has 1 aromatic carbocycles. The van der Waals surface area contributed by atoms with E-state index in [0.29, 0.717) is 11.5 Å². The van der Waals surface area contributed by atoms with Gasteiger partial charge in [0, 0.05) is 13.6 Å². The van der Waals surface area contributed by atoms with Crippen LogP contribution in [0.25, 0.3) is 0 Å². The molecular formula is C17H28FN3O2S. The molecule has 24 heavy (non-hydrogen) atoms. The average molecular weight is 357 g/mol. The van der Waals surface area contributed by atoms with Crippen molar-refractivity contribution in [1.29, 1.82) is 0 Å². The normalized spacial score (nSPS) is 14.4. The first-order chi connectivity index (χ1) is 11.0. The van der Waals surface area contributed by atoms with E-state index in [1.807, 2.05) is 13.0 Å². The van der Waals surface area contributed by atoms with E-state index >= 15 is 0 Å². The second-order valence-electron chi connectivity index (χ2n) is 6.80. The maximum atomic E-state index is 13.7. The highest BCUT2D eigenvalue weighted by Crippen LogP contribution is 2.17. The summed E-state index contributed by atoms with van der Waals surface area (Å²) in [5.41, 5.74) is 1.39. The van der Waals surface area contributed by atoms with Crippen molar-refractivity contribution in [3.63, 3.8) is 0 Å². The van der Waals surface area contributed by atoms with E-state index in [-0.39, 0.29) is 24.2 Å². The number of benzene rings is 1. The first-order valence-electron chi connectivity index (χ1n) is 7.93. The van der Waals surface area contributed by atoms with Crippen molar-refractivity contribution in [2.24, 2.45) is 4.99 Å². The molecule has 0 heterocycles. The highest BCUT2D eigenvalue weighted by Gasteiger charge is 2.28. The van der Waals surface area contributed by atoms with Crippen molar-refractivity contribution >= 4 is 15.8 Å². The molecule has 136 valence electrons. The van der Waals surface area contributed by atoms with E-state index in [4.69, 9.17) is 0 Å². The molecule has 1 unspecified atom stereocenters. The Kier molecular flexibility index (Phi) is 6.77. The Balaban J connectivity index is 2.64. The van der Waals surface area contributed by atoms with E-state index in [1.165, 1.54) is 6.07 Å². The van der Waals surface area contributed by atoms with Crippen LogP contribution in [0, 0.1) is 12.7 Å². The van der Waals surface area contributed by atoms with Crippen molar-refractivity contribution in [2.45, 2.75) is 45.4 Å². The van der Waals surface area contributed by atoms with Gasteiger partial charge in [-0.1, -0.05) is 12.1 Å². The van der Waals surface area contributed by atoms with Crippen LogP contribution < -0.4 is 10.6 Å². The van der Waals surface area contributed by atoms with Gasteiger partial charge in [-0.2, -0.15) is 0 Å². The fourth-order valence-electron chi connectivity index (χ4n) is 1.97. The molecule has 1 atom stereocenters. The Morgan fingerprint density at radius 1 is 1.33 bits per heavy atom. The quantitative estimate of drug-likeness (QED) is 0.628. The van der Waals surface area contributed by atoms with Crippen LogP contribution in [-0.2, 0) is 9.84 Å². The third-order valence-electron chi connectivity index (χ3n) is 3.87. The molecule has 5 nitrogen and oxygen atoms in total. The van der Waals surface area contributed by atoms with Crippen LogP contribution in [0.3, 0.4) is 0 Å². The van der Waals surface area contributed by atoms with Gasteiger partial charge in [0.05, 0.1) is 16.5 Å². The highest BCUT2D eigenvalue weighted by molar-refractivity contribution is 7.92. The standard InChI is InChI=1S/C17H28FN3O2S/c1-12-7-8-14(11-15(12)18)13(2)21-16(19-6)20-9-10-24(22,23)17(3,4)5/h7-8,11,13H,9-10H2,1-6H3,(H2,19,20,21). The van der Waals surface area contributed by atoms with Crippen molar-refractivity contribution < 1.29 is 12.8 Å². The molecule has 0 bridgehead atoms. The summed E-state index contributed by atoms with van der Waals surface area (Å²) in [4.78, 5) is 4.08. The number of sulfone groups is 1. The minimum absolute atomic E-state index is 0.0186. The Bertz CT molecular complexity index is 694. The van der Waals surface area contributed by atoms with E-state index in [1.54, 1.807) is 40.8 Å². The summed E-state index contributed by atoms with van der Waals surface area (Å²) in [6.45, 7) is 8.92. The first kappa shape index (κ1) is 20.4. The van der Waals surface area contributed by atoms with Gasteiger partial charge in [-0.15, -0.1) is 0 Å². The Morgan fingerprint density at radius 2 is 1.96 bits per heavy atom. The minimum atomic E-state index is -3.19. The predicted octanol–water partition coefficient (Wildman–Crippen LogP) is 2.57. The maximum absolute atomic E-state index is 13.7. The summed E-state index contributed by atoms with van der Waals surface area (Å²) >= 11 is 0. The lowest BCUT2D eigenvalue weighted by Crippen LogP contribution is -2.42. The predicted molar refractivity (Wildman–Crippen MR) is 97.6 cm³/mol. The Morgan fingerprint density at radius 3 is 2.46 bits per heavy atom. The lowest BCUT2D eigenvalue weighted by Gasteiger charge is -2.21. The Labute approximate surface area is 144 Å². The van der Waals surface area contributed by atoms with Gasteiger partial charge < -0.3 is 10.6 Å². The summed E-state index contributed by atoms with van der Waals surface area (Å²) in [5.74, 6) is 0.248. The molecule has 0 fully saturated rings. The van der Waals surface area contributed by atoms with Gasteiger partial charge in [0.15, 0.2) is 15.8 Å². The Hall–Kier alpha value is -1.63. The van der Waals surface area contributed by atoms with Gasteiger partial charge in [0.1, 0.15) is 5.82 Å². The monoisotopic (exact) mass is 357 g/mol. The molecule has 0 saturated carbocycles. The number of nitrogens with zero attached hydrogens (tertiary/aromatic N) is 1. The van der Waals surface area contributed by atoms with Crippen LogP contribution in [0.4, 0.5) is 4.39 Å². The second kappa shape index (κ2) is 7.96. The number of rotatable bonds is 5. The fourth-order valence-corrected chi connectivity index (χ4v) is 2.95. The first-order valence-corrected chi connectivity index (χ1v) is 9.58. The molecule has 1 aromatic rings. The number of nitrogens with one attached hydrogen (secondary N) is 2. The number of aliphatic imine (C=N–C) groups is 1. The van der Waals surface area contributed by atoms with Gasteiger partial charge in [-0.05, 0) is 51.8 Å². The zero-order chi connectivity index (χ0) is 18.5. The molecule has 7 heteroatoms. The van der Waals surface area contributed by atoms with Crippen molar-refractivity contribution in [2.75, 3.05) is 19.3 Å². The van der Waals surface area contributed by atoms with Crippen LogP contribution >= 0.6 is 0 Å². The van der Waals surface area contributed by atoms with E-state index in [0.717, 1.165) is 5.56 Å². The van der Waals surface area contributed by atoms with Crippen LogP contribution in [0.15, 0.2) is 23.2 Å². The van der Waals surface area contributed by atoms with Gasteiger partial charge in [0.25, 0.3) is 0 Å². The van der Waals surface area contributed by atoms with Crippen LogP contribution in [0.1, 0.15) is 44.9 Å². The molecule has 0 radical (unpaired) electrons. The molecule has 0 amide bonds. The summed E-state index contributed by atoms with van der Waals surface area (Å²) in [7, 11) is -1.58. The van der Waals surface area contributed by atoms with Gasteiger partial charge in [0.2, 0.25) is 0 Å². The summed E-state index contributed by atoms with van der Waals surface area (Å²) in [6, 6.07) is 4.91. The highest BCUT2D eigenvalue weighted by atomic mass is 32.2. The molecule has 0 aliphatic rings. The maximum Gasteiger partial charge on any atom is 0.191 e. The lowest BCUT2D eigenvalue weighted by molar-refractivity contribution is 0.558. The SMILES string of the molecule is CN=C(NCCS(=O)(=O)C(C)(C)C)NC(C)c1ccc(C)c(F)c1. The molecule has 0 saturated heterocycles. The van der Waals surface area contributed by atoms with E-state index in [9.17, 15) is 12.8 Å². The molecule has 0 spiro atoms. The summed E-state index contributed by atoms with van der Waals surface area (Å²) < 4.78 is 37.1. The molecule has 1 rings (SSSR count). The molecule has 0 aromatic heterocycles. The minimum Gasteiger partial charge on any atom is -0.355 e. The summed E-state index contributed by atoms with van der Waals surface area (Å²) in [5, 5.41) is 6.12. The van der Waals surface area contributed by atoms with Crippen LogP contribution in [-0.4, -0.2) is 38.5 Å².